The third-order valence-corrected chi connectivity index (χ3v) is 3.05. The first-order valence-electron chi connectivity index (χ1n) is 7.14. The highest BCUT2D eigenvalue weighted by Crippen LogP contribution is 2.31. The van der Waals surface area contributed by atoms with E-state index in [1.807, 2.05) is 0 Å². The van der Waals surface area contributed by atoms with E-state index in [4.69, 9.17) is 9.47 Å². The summed E-state index contributed by atoms with van der Waals surface area (Å²) >= 11 is 0. The van der Waals surface area contributed by atoms with Crippen LogP contribution in [0.25, 0.3) is 0 Å². The first-order chi connectivity index (χ1) is 11.9. The van der Waals surface area contributed by atoms with Crippen LogP contribution in [-0.4, -0.2) is 25.8 Å². The minimum absolute atomic E-state index is 0.0518. The van der Waals surface area contributed by atoms with E-state index in [1.54, 1.807) is 31.4 Å². The molecule has 0 saturated heterocycles. The lowest BCUT2D eigenvalue weighted by atomic mass is 10.2. The van der Waals surface area contributed by atoms with Gasteiger partial charge < -0.3 is 9.47 Å². The van der Waals surface area contributed by atoms with Crippen LogP contribution in [0.15, 0.2) is 53.6 Å². The van der Waals surface area contributed by atoms with Crippen molar-refractivity contribution in [3.05, 3.63) is 59.7 Å². The summed E-state index contributed by atoms with van der Waals surface area (Å²) in [4.78, 5) is 11.6. The summed E-state index contributed by atoms with van der Waals surface area (Å²) in [6.07, 6.45) is -3.05. The van der Waals surface area contributed by atoms with Crippen molar-refractivity contribution in [2.45, 2.75) is 6.18 Å². The SMILES string of the molecule is COc1ccc(/C=N/NC(=O)COc2cccc(C(F)(F)F)c2)cc1. The Morgan fingerprint density at radius 1 is 1.16 bits per heavy atom. The topological polar surface area (TPSA) is 59.9 Å². The maximum absolute atomic E-state index is 12.6. The molecular weight excluding hydrogens is 337 g/mol. The van der Waals surface area contributed by atoms with Crippen LogP contribution in [0.3, 0.4) is 0 Å². The van der Waals surface area contributed by atoms with Crippen molar-refractivity contribution < 1.29 is 27.4 Å². The lowest BCUT2D eigenvalue weighted by Gasteiger charge is -2.09. The molecule has 2 aromatic carbocycles. The fourth-order valence-electron chi connectivity index (χ4n) is 1.81. The van der Waals surface area contributed by atoms with E-state index in [1.165, 1.54) is 18.3 Å². The van der Waals surface area contributed by atoms with Gasteiger partial charge in [0.1, 0.15) is 11.5 Å². The Morgan fingerprint density at radius 3 is 2.52 bits per heavy atom. The third kappa shape index (κ3) is 5.83. The summed E-state index contributed by atoms with van der Waals surface area (Å²) in [6, 6.07) is 11.3. The van der Waals surface area contributed by atoms with Gasteiger partial charge in [-0.25, -0.2) is 5.43 Å². The molecule has 0 radical (unpaired) electrons. The fraction of sp³-hybridized carbons (Fsp3) is 0.176. The maximum atomic E-state index is 12.6. The third-order valence-electron chi connectivity index (χ3n) is 3.05. The number of rotatable bonds is 6. The van der Waals surface area contributed by atoms with Gasteiger partial charge in [0.25, 0.3) is 5.91 Å². The van der Waals surface area contributed by atoms with Crippen LogP contribution in [0.2, 0.25) is 0 Å². The zero-order valence-electron chi connectivity index (χ0n) is 13.2. The van der Waals surface area contributed by atoms with Crippen LogP contribution in [0.1, 0.15) is 11.1 Å². The molecule has 1 N–H and O–H groups in total. The molecule has 0 aliphatic heterocycles. The Balaban J connectivity index is 1.83. The molecule has 0 spiro atoms. The van der Waals surface area contributed by atoms with Gasteiger partial charge in [0.05, 0.1) is 18.9 Å². The number of hydrogen-bond donors (Lipinski definition) is 1. The van der Waals surface area contributed by atoms with E-state index in [0.29, 0.717) is 5.75 Å². The maximum Gasteiger partial charge on any atom is 0.416 e. The van der Waals surface area contributed by atoms with Crippen molar-refractivity contribution in [1.29, 1.82) is 0 Å². The van der Waals surface area contributed by atoms with Crippen molar-refractivity contribution in [1.82, 2.24) is 5.43 Å². The van der Waals surface area contributed by atoms with Gasteiger partial charge in [-0.2, -0.15) is 18.3 Å². The van der Waals surface area contributed by atoms with Gasteiger partial charge in [-0.1, -0.05) is 6.07 Å². The van der Waals surface area contributed by atoms with E-state index in [2.05, 4.69) is 10.5 Å². The van der Waals surface area contributed by atoms with Gasteiger partial charge in [0.2, 0.25) is 0 Å². The normalized spacial score (nSPS) is 11.4. The molecule has 2 aromatic rings. The lowest BCUT2D eigenvalue weighted by molar-refractivity contribution is -0.137. The predicted octanol–water partition coefficient (Wildman–Crippen LogP) is 3.24. The largest absolute Gasteiger partial charge is 0.497 e. The molecule has 2 rings (SSSR count). The number of methoxy groups -OCH3 is 1. The van der Waals surface area contributed by atoms with Crippen LogP contribution >= 0.6 is 0 Å². The Kier molecular flexibility index (Phi) is 5.99. The molecule has 0 heterocycles. The first-order valence-corrected chi connectivity index (χ1v) is 7.14. The number of carbonyl (C=O) groups is 1. The van der Waals surface area contributed by atoms with Gasteiger partial charge in [-0.15, -0.1) is 0 Å². The van der Waals surface area contributed by atoms with Gasteiger partial charge in [-0.3, -0.25) is 4.79 Å². The van der Waals surface area contributed by atoms with Crippen molar-refractivity contribution in [3.8, 4) is 11.5 Å². The number of alkyl halides is 3. The lowest BCUT2D eigenvalue weighted by Crippen LogP contribution is -2.24. The quantitative estimate of drug-likeness (QED) is 0.641. The van der Waals surface area contributed by atoms with E-state index in [9.17, 15) is 18.0 Å². The molecule has 0 unspecified atom stereocenters. The zero-order valence-corrected chi connectivity index (χ0v) is 13.2. The average Bonchev–Trinajstić information content (AvgIpc) is 2.60. The number of ether oxygens (including phenoxy) is 2. The van der Waals surface area contributed by atoms with Crippen LogP contribution in [-0.2, 0) is 11.0 Å². The highest BCUT2D eigenvalue weighted by Gasteiger charge is 2.30. The monoisotopic (exact) mass is 352 g/mol. The summed E-state index contributed by atoms with van der Waals surface area (Å²) in [6.45, 7) is -0.457. The van der Waals surface area contributed by atoms with Crippen LogP contribution in [0.5, 0.6) is 11.5 Å². The molecule has 0 aromatic heterocycles. The zero-order chi connectivity index (χ0) is 18.3. The van der Waals surface area contributed by atoms with Crippen LogP contribution in [0, 0.1) is 0 Å². The van der Waals surface area contributed by atoms with Crippen molar-refractivity contribution in [2.75, 3.05) is 13.7 Å². The minimum Gasteiger partial charge on any atom is -0.497 e. The Hall–Kier alpha value is -3.03. The minimum atomic E-state index is -4.47. The molecule has 0 atom stereocenters. The highest BCUT2D eigenvalue weighted by atomic mass is 19.4. The number of hydrazone groups is 1. The molecule has 25 heavy (non-hydrogen) atoms. The van der Waals surface area contributed by atoms with E-state index >= 15 is 0 Å². The van der Waals surface area contributed by atoms with Gasteiger partial charge in [-0.05, 0) is 48.0 Å². The predicted molar refractivity (Wildman–Crippen MR) is 85.7 cm³/mol. The molecule has 0 saturated carbocycles. The van der Waals surface area contributed by atoms with Crippen molar-refractivity contribution >= 4 is 12.1 Å². The molecule has 1 amide bonds. The summed E-state index contributed by atoms with van der Waals surface area (Å²) in [5.41, 5.74) is 2.12. The smallest absolute Gasteiger partial charge is 0.416 e. The fourth-order valence-corrected chi connectivity index (χ4v) is 1.81. The van der Waals surface area contributed by atoms with E-state index in [-0.39, 0.29) is 5.75 Å². The second-order valence-corrected chi connectivity index (χ2v) is 4.88. The molecule has 5 nitrogen and oxygen atoms in total. The Labute approximate surface area is 142 Å². The standard InChI is InChI=1S/C17H15F3N2O3/c1-24-14-7-5-12(6-8-14)10-21-22-16(23)11-25-15-4-2-3-13(9-15)17(18,19)20/h2-10H,11H2,1H3,(H,22,23)/b21-10+. The number of carbonyl (C=O) groups excluding carboxylic acids is 1. The highest BCUT2D eigenvalue weighted by molar-refractivity contribution is 5.83. The number of benzene rings is 2. The van der Waals surface area contributed by atoms with Crippen molar-refractivity contribution in [3.63, 3.8) is 0 Å². The van der Waals surface area contributed by atoms with E-state index < -0.39 is 24.3 Å². The van der Waals surface area contributed by atoms with E-state index in [0.717, 1.165) is 17.7 Å². The molecule has 0 aliphatic carbocycles. The van der Waals surface area contributed by atoms with Crippen molar-refractivity contribution in [2.24, 2.45) is 5.10 Å². The van der Waals surface area contributed by atoms with Gasteiger partial charge >= 0.3 is 6.18 Å². The van der Waals surface area contributed by atoms with Gasteiger partial charge in [0.15, 0.2) is 6.61 Å². The number of hydrogen-bond acceptors (Lipinski definition) is 4. The summed E-state index contributed by atoms with van der Waals surface area (Å²) in [5.74, 6) is 0.0435. The summed E-state index contributed by atoms with van der Waals surface area (Å²) in [7, 11) is 1.55. The molecule has 8 heteroatoms. The molecule has 0 fully saturated rings. The molecular formula is C17H15F3N2O3. The van der Waals surface area contributed by atoms with Gasteiger partial charge in [0, 0.05) is 0 Å². The number of nitrogens with one attached hydrogen (secondary N) is 1. The molecule has 132 valence electrons. The average molecular weight is 352 g/mol. The Morgan fingerprint density at radius 2 is 1.88 bits per heavy atom. The molecule has 0 aliphatic rings. The molecule has 0 bridgehead atoms. The second kappa shape index (κ2) is 8.18. The number of amides is 1. The first kappa shape index (κ1) is 18.3. The Bertz CT molecular complexity index is 744. The number of halogens is 3. The summed E-state index contributed by atoms with van der Waals surface area (Å²) in [5, 5.41) is 3.74. The summed E-state index contributed by atoms with van der Waals surface area (Å²) < 4.78 is 47.8. The van der Waals surface area contributed by atoms with Crippen LogP contribution < -0.4 is 14.9 Å². The number of nitrogens with zero attached hydrogens (tertiary/aromatic N) is 1. The van der Waals surface area contributed by atoms with Crippen LogP contribution in [0.4, 0.5) is 13.2 Å². The second-order valence-electron chi connectivity index (χ2n) is 4.88.